The average Bonchev–Trinajstić information content (AvgIpc) is 2.79. The molecule has 2 rings (SSSR count). The van der Waals surface area contributed by atoms with E-state index in [1.807, 2.05) is 0 Å². The minimum atomic E-state index is -3.60. The summed E-state index contributed by atoms with van der Waals surface area (Å²) >= 11 is 0. The first-order chi connectivity index (χ1) is 9.87. The van der Waals surface area contributed by atoms with Crippen LogP contribution in [0.15, 0.2) is 11.4 Å². The molecule has 7 nitrogen and oxygen atoms in total. The minimum Gasteiger partial charge on any atom is -0.381 e. The van der Waals surface area contributed by atoms with Gasteiger partial charge in [-0.2, -0.15) is 4.31 Å². The maximum Gasteiger partial charge on any atom is 0.262 e. The zero-order valence-electron chi connectivity index (χ0n) is 13.0. The number of piperidine rings is 1. The molecular formula is C13H25N5O2S. The van der Waals surface area contributed by atoms with Crippen molar-refractivity contribution in [2.45, 2.75) is 37.3 Å². The maximum atomic E-state index is 12.7. The number of nitrogen functional groups attached to an aromatic ring is 1. The van der Waals surface area contributed by atoms with Crippen LogP contribution in [-0.2, 0) is 17.1 Å². The van der Waals surface area contributed by atoms with Crippen molar-refractivity contribution in [3.05, 3.63) is 6.33 Å². The second kappa shape index (κ2) is 6.33. The van der Waals surface area contributed by atoms with Gasteiger partial charge in [-0.15, -0.1) is 0 Å². The first kappa shape index (κ1) is 16.3. The zero-order chi connectivity index (χ0) is 15.6. The molecular weight excluding hydrogens is 290 g/mol. The first-order valence-electron chi connectivity index (χ1n) is 7.35. The van der Waals surface area contributed by atoms with Crippen molar-refractivity contribution < 1.29 is 8.42 Å². The van der Waals surface area contributed by atoms with E-state index in [1.165, 1.54) is 15.2 Å². The lowest BCUT2D eigenvalue weighted by molar-refractivity contribution is 0.170. The van der Waals surface area contributed by atoms with Gasteiger partial charge in [0.25, 0.3) is 10.0 Å². The number of hydrogen-bond donors (Lipinski definition) is 1. The second-order valence-electron chi connectivity index (χ2n) is 5.64. The third kappa shape index (κ3) is 3.22. The summed E-state index contributed by atoms with van der Waals surface area (Å²) in [6, 6.07) is 0.0254. The summed E-state index contributed by atoms with van der Waals surface area (Å²) in [5, 5.41) is 0.0842. The van der Waals surface area contributed by atoms with E-state index in [4.69, 9.17) is 5.73 Å². The molecule has 0 unspecified atom stereocenters. The van der Waals surface area contributed by atoms with E-state index in [0.717, 1.165) is 38.9 Å². The van der Waals surface area contributed by atoms with Crippen LogP contribution in [0.4, 0.5) is 5.82 Å². The zero-order valence-corrected chi connectivity index (χ0v) is 13.8. The molecule has 1 aromatic heterocycles. The predicted octanol–water partition coefficient (Wildman–Crippen LogP) is 0.497. The fourth-order valence-electron chi connectivity index (χ4n) is 2.91. The van der Waals surface area contributed by atoms with Gasteiger partial charge >= 0.3 is 0 Å². The van der Waals surface area contributed by atoms with Gasteiger partial charge in [0.1, 0.15) is 0 Å². The number of aromatic nitrogens is 2. The Morgan fingerprint density at radius 2 is 2.05 bits per heavy atom. The third-order valence-corrected chi connectivity index (χ3v) is 6.19. The van der Waals surface area contributed by atoms with Gasteiger partial charge in [-0.05, 0) is 38.9 Å². The Kier molecular flexibility index (Phi) is 4.90. The van der Waals surface area contributed by atoms with Crippen molar-refractivity contribution >= 4 is 15.8 Å². The second-order valence-corrected chi connectivity index (χ2v) is 7.55. The lowest BCUT2D eigenvalue weighted by Crippen LogP contribution is -2.46. The third-order valence-electron chi connectivity index (χ3n) is 4.14. The molecule has 0 spiro atoms. The number of nitrogens with two attached hydrogens (primary N) is 1. The standard InChI is InChI=1S/C13H25N5O2S/c1-4-7-18-8-5-11(6-9-18)17(3)21(19,20)13-12(14)15-10-16(13)2/h10-11H,4-9,14H2,1-3H3. The summed E-state index contributed by atoms with van der Waals surface area (Å²) in [5.41, 5.74) is 5.71. The van der Waals surface area contributed by atoms with Gasteiger partial charge in [0.2, 0.25) is 0 Å². The van der Waals surface area contributed by atoms with Crippen LogP contribution < -0.4 is 5.73 Å². The molecule has 0 aromatic carbocycles. The van der Waals surface area contributed by atoms with Crippen LogP contribution in [0.5, 0.6) is 0 Å². The van der Waals surface area contributed by atoms with Gasteiger partial charge < -0.3 is 15.2 Å². The molecule has 1 saturated heterocycles. The van der Waals surface area contributed by atoms with Crippen LogP contribution in [0.25, 0.3) is 0 Å². The highest BCUT2D eigenvalue weighted by atomic mass is 32.2. The number of rotatable bonds is 5. The van der Waals surface area contributed by atoms with E-state index in [0.29, 0.717) is 0 Å². The molecule has 1 aliphatic heterocycles. The minimum absolute atomic E-state index is 0.0254. The highest BCUT2D eigenvalue weighted by Crippen LogP contribution is 2.25. The molecule has 0 amide bonds. The van der Waals surface area contributed by atoms with E-state index < -0.39 is 10.0 Å². The molecule has 1 aromatic rings. The SMILES string of the molecule is CCCN1CCC(N(C)S(=O)(=O)c2c(N)ncn2C)CC1. The number of likely N-dealkylation sites (tertiary alicyclic amines) is 1. The molecule has 0 bridgehead atoms. The molecule has 0 radical (unpaired) electrons. The van der Waals surface area contributed by atoms with Gasteiger partial charge in [0.05, 0.1) is 6.33 Å². The molecule has 8 heteroatoms. The Morgan fingerprint density at radius 1 is 1.43 bits per heavy atom. The summed E-state index contributed by atoms with van der Waals surface area (Å²) in [4.78, 5) is 6.26. The summed E-state index contributed by atoms with van der Waals surface area (Å²) in [5.74, 6) is 0.0627. The van der Waals surface area contributed by atoms with Crippen LogP contribution in [-0.4, -0.2) is 59.9 Å². The Morgan fingerprint density at radius 3 is 2.52 bits per heavy atom. The van der Waals surface area contributed by atoms with Crippen molar-refractivity contribution in [3.8, 4) is 0 Å². The molecule has 1 aliphatic rings. The van der Waals surface area contributed by atoms with Crippen molar-refractivity contribution in [3.63, 3.8) is 0 Å². The summed E-state index contributed by atoms with van der Waals surface area (Å²) < 4.78 is 28.4. The lowest BCUT2D eigenvalue weighted by Gasteiger charge is -2.35. The molecule has 0 saturated carbocycles. The predicted molar refractivity (Wildman–Crippen MR) is 82.3 cm³/mol. The fourth-order valence-corrected chi connectivity index (χ4v) is 4.51. The Balaban J connectivity index is 2.12. The van der Waals surface area contributed by atoms with E-state index >= 15 is 0 Å². The summed E-state index contributed by atoms with van der Waals surface area (Å²) in [6.45, 7) is 5.13. The monoisotopic (exact) mass is 315 g/mol. The fraction of sp³-hybridized carbons (Fsp3) is 0.769. The highest BCUT2D eigenvalue weighted by molar-refractivity contribution is 7.89. The van der Waals surface area contributed by atoms with Crippen molar-refractivity contribution in [1.29, 1.82) is 0 Å². The normalized spacial score (nSPS) is 18.5. The molecule has 0 atom stereocenters. The van der Waals surface area contributed by atoms with Crippen molar-refractivity contribution in [1.82, 2.24) is 18.8 Å². The van der Waals surface area contributed by atoms with Crippen molar-refractivity contribution in [2.75, 3.05) is 32.4 Å². The molecule has 1 fully saturated rings. The summed E-state index contributed by atoms with van der Waals surface area (Å²) in [7, 11) is -0.309. The van der Waals surface area contributed by atoms with Gasteiger partial charge in [-0.3, -0.25) is 0 Å². The molecule has 2 N–H and O–H groups in total. The van der Waals surface area contributed by atoms with Gasteiger partial charge in [-0.25, -0.2) is 13.4 Å². The molecule has 21 heavy (non-hydrogen) atoms. The lowest BCUT2D eigenvalue weighted by atomic mass is 10.1. The summed E-state index contributed by atoms with van der Waals surface area (Å²) in [6.07, 6.45) is 4.27. The number of imidazole rings is 1. The number of nitrogens with zero attached hydrogens (tertiary/aromatic N) is 4. The smallest absolute Gasteiger partial charge is 0.262 e. The quantitative estimate of drug-likeness (QED) is 0.855. The Labute approximate surface area is 126 Å². The number of hydrogen-bond acceptors (Lipinski definition) is 5. The number of sulfonamides is 1. The molecule has 120 valence electrons. The van der Waals surface area contributed by atoms with Crippen molar-refractivity contribution in [2.24, 2.45) is 7.05 Å². The van der Waals surface area contributed by atoms with E-state index in [1.54, 1.807) is 14.1 Å². The number of anilines is 1. The average molecular weight is 315 g/mol. The molecule has 2 heterocycles. The van der Waals surface area contributed by atoms with Gasteiger partial charge in [-0.1, -0.05) is 6.92 Å². The van der Waals surface area contributed by atoms with Crippen LogP contribution in [0.1, 0.15) is 26.2 Å². The Bertz CT molecular complexity index is 556. The van der Waals surface area contributed by atoms with Crippen LogP contribution in [0.2, 0.25) is 0 Å². The van der Waals surface area contributed by atoms with E-state index in [-0.39, 0.29) is 16.9 Å². The highest BCUT2D eigenvalue weighted by Gasteiger charge is 2.33. The van der Waals surface area contributed by atoms with Gasteiger partial charge in [0.15, 0.2) is 10.8 Å². The largest absolute Gasteiger partial charge is 0.381 e. The Hall–Kier alpha value is -1.12. The van der Waals surface area contributed by atoms with Crippen LogP contribution in [0.3, 0.4) is 0 Å². The first-order valence-corrected chi connectivity index (χ1v) is 8.79. The topological polar surface area (TPSA) is 84.5 Å². The van der Waals surface area contributed by atoms with Crippen LogP contribution >= 0.6 is 0 Å². The van der Waals surface area contributed by atoms with E-state index in [2.05, 4.69) is 16.8 Å². The maximum absolute atomic E-state index is 12.7. The van der Waals surface area contributed by atoms with Gasteiger partial charge in [0, 0.05) is 20.1 Å². The van der Waals surface area contributed by atoms with E-state index in [9.17, 15) is 8.42 Å². The number of aryl methyl sites for hydroxylation is 1. The van der Waals surface area contributed by atoms with Crippen LogP contribution in [0, 0.1) is 0 Å². The molecule has 0 aliphatic carbocycles.